The Kier molecular flexibility index (Phi) is 4.44. The molecule has 0 saturated carbocycles. The highest BCUT2D eigenvalue weighted by Crippen LogP contribution is 2.40. The number of nitrogens with zero attached hydrogens (tertiary/aromatic N) is 2. The number of rotatable bonds is 5. The van der Waals surface area contributed by atoms with Crippen LogP contribution in [0.4, 0.5) is 0 Å². The van der Waals surface area contributed by atoms with Crippen LogP contribution < -0.4 is 0 Å². The number of carbonyl (C=O) groups excluding carboxylic acids is 1. The van der Waals surface area contributed by atoms with Gasteiger partial charge in [0.25, 0.3) is 0 Å². The average molecular weight is 302 g/mol. The van der Waals surface area contributed by atoms with Gasteiger partial charge in [-0.1, -0.05) is 6.92 Å². The standard InChI is InChI=1S/C14H26N2O3S/c1-4-12(2)15-7-5-6-14(10-15)11-16(13(14)17)8-9-20(3,18)19/h12H,4-11H2,1-3H3/t12-,14+/m0/s1. The maximum atomic E-state index is 12.4. The van der Waals surface area contributed by atoms with Crippen LogP contribution in [0.25, 0.3) is 0 Å². The molecule has 5 nitrogen and oxygen atoms in total. The molecule has 2 aliphatic rings. The fourth-order valence-electron chi connectivity index (χ4n) is 3.31. The predicted octanol–water partition coefficient (Wildman–Crippen LogP) is 0.754. The van der Waals surface area contributed by atoms with Crippen LogP contribution in [0.15, 0.2) is 0 Å². The second kappa shape index (κ2) is 5.64. The molecule has 0 aliphatic carbocycles. The number of β-lactam (4-membered cyclic amide) rings is 1. The molecule has 0 aromatic carbocycles. The van der Waals surface area contributed by atoms with Crippen molar-refractivity contribution in [1.29, 1.82) is 0 Å². The van der Waals surface area contributed by atoms with Gasteiger partial charge in [-0.25, -0.2) is 8.42 Å². The number of carbonyl (C=O) groups is 1. The SMILES string of the molecule is CC[C@H](C)N1CCC[C@]2(CN(CCS(C)(=O)=O)C2=O)C1. The van der Waals surface area contributed by atoms with Crippen molar-refractivity contribution in [1.82, 2.24) is 9.80 Å². The summed E-state index contributed by atoms with van der Waals surface area (Å²) in [5.74, 6) is 0.235. The van der Waals surface area contributed by atoms with Crippen LogP contribution in [0.3, 0.4) is 0 Å². The molecule has 20 heavy (non-hydrogen) atoms. The molecule has 1 amide bonds. The second-order valence-electron chi connectivity index (χ2n) is 6.47. The molecule has 2 fully saturated rings. The summed E-state index contributed by atoms with van der Waals surface area (Å²) in [5, 5.41) is 0. The molecule has 2 saturated heterocycles. The van der Waals surface area contributed by atoms with Gasteiger partial charge in [-0.2, -0.15) is 0 Å². The fraction of sp³-hybridized carbons (Fsp3) is 0.929. The Morgan fingerprint density at radius 2 is 2.05 bits per heavy atom. The first-order chi connectivity index (χ1) is 9.27. The Hall–Kier alpha value is -0.620. The molecule has 2 heterocycles. The number of piperidine rings is 1. The lowest BCUT2D eigenvalue weighted by Crippen LogP contribution is -2.68. The van der Waals surface area contributed by atoms with Gasteiger partial charge in [0.1, 0.15) is 9.84 Å². The third-order valence-electron chi connectivity index (χ3n) is 4.79. The number of amides is 1. The van der Waals surface area contributed by atoms with Gasteiger partial charge in [0, 0.05) is 31.9 Å². The number of hydrogen-bond acceptors (Lipinski definition) is 4. The van der Waals surface area contributed by atoms with Crippen LogP contribution in [0.5, 0.6) is 0 Å². The Balaban J connectivity index is 1.93. The largest absolute Gasteiger partial charge is 0.340 e. The monoisotopic (exact) mass is 302 g/mol. The van der Waals surface area contributed by atoms with Crippen molar-refractivity contribution in [2.75, 3.05) is 38.2 Å². The Morgan fingerprint density at radius 3 is 2.60 bits per heavy atom. The normalized spacial score (nSPS) is 29.6. The summed E-state index contributed by atoms with van der Waals surface area (Å²) in [4.78, 5) is 16.5. The van der Waals surface area contributed by atoms with E-state index in [1.54, 1.807) is 4.90 Å². The van der Waals surface area contributed by atoms with Crippen LogP contribution in [-0.2, 0) is 14.6 Å². The predicted molar refractivity (Wildman–Crippen MR) is 79.3 cm³/mol. The van der Waals surface area contributed by atoms with Gasteiger partial charge in [-0.15, -0.1) is 0 Å². The number of hydrogen-bond donors (Lipinski definition) is 0. The molecule has 0 N–H and O–H groups in total. The lowest BCUT2D eigenvalue weighted by atomic mass is 9.72. The number of sulfone groups is 1. The fourth-order valence-corrected chi connectivity index (χ4v) is 3.86. The molecular weight excluding hydrogens is 276 g/mol. The van der Waals surface area contributed by atoms with Crippen molar-refractivity contribution in [3.63, 3.8) is 0 Å². The van der Waals surface area contributed by atoms with E-state index in [1.165, 1.54) is 6.26 Å². The van der Waals surface area contributed by atoms with Crippen molar-refractivity contribution in [2.24, 2.45) is 5.41 Å². The van der Waals surface area contributed by atoms with E-state index < -0.39 is 9.84 Å². The summed E-state index contributed by atoms with van der Waals surface area (Å²) in [7, 11) is -2.99. The van der Waals surface area contributed by atoms with Crippen molar-refractivity contribution < 1.29 is 13.2 Å². The van der Waals surface area contributed by atoms with Crippen molar-refractivity contribution in [2.45, 2.75) is 39.2 Å². The number of likely N-dealkylation sites (tertiary alicyclic amines) is 2. The molecule has 2 aliphatic heterocycles. The lowest BCUT2D eigenvalue weighted by molar-refractivity contribution is -0.166. The molecule has 2 rings (SSSR count). The lowest BCUT2D eigenvalue weighted by Gasteiger charge is -2.54. The average Bonchev–Trinajstić information content (AvgIpc) is 2.41. The van der Waals surface area contributed by atoms with Crippen molar-refractivity contribution in [3.05, 3.63) is 0 Å². The summed E-state index contributed by atoms with van der Waals surface area (Å²) in [6.07, 6.45) is 4.34. The van der Waals surface area contributed by atoms with Crippen LogP contribution in [0, 0.1) is 5.41 Å². The minimum absolute atomic E-state index is 0.0733. The van der Waals surface area contributed by atoms with Crippen LogP contribution in [0.2, 0.25) is 0 Å². The third-order valence-corrected chi connectivity index (χ3v) is 5.71. The summed E-state index contributed by atoms with van der Waals surface area (Å²) in [5.41, 5.74) is -0.223. The zero-order chi connectivity index (χ0) is 15.0. The summed E-state index contributed by atoms with van der Waals surface area (Å²) >= 11 is 0. The van der Waals surface area contributed by atoms with E-state index in [0.717, 1.165) is 38.9 Å². The van der Waals surface area contributed by atoms with Gasteiger partial charge in [0.15, 0.2) is 0 Å². The van der Waals surface area contributed by atoms with Crippen molar-refractivity contribution >= 4 is 15.7 Å². The van der Waals surface area contributed by atoms with E-state index in [9.17, 15) is 13.2 Å². The molecule has 2 atom stereocenters. The minimum atomic E-state index is -2.99. The molecular formula is C14H26N2O3S. The first-order valence-corrected chi connectivity index (χ1v) is 9.54. The maximum Gasteiger partial charge on any atom is 0.231 e. The molecule has 0 aromatic rings. The molecule has 0 radical (unpaired) electrons. The van der Waals surface area contributed by atoms with E-state index in [1.807, 2.05) is 0 Å². The van der Waals surface area contributed by atoms with Gasteiger partial charge >= 0.3 is 0 Å². The highest BCUT2D eigenvalue weighted by molar-refractivity contribution is 7.90. The summed E-state index contributed by atoms with van der Waals surface area (Å²) < 4.78 is 22.4. The first kappa shape index (κ1) is 15.8. The Bertz CT molecular complexity index is 477. The third kappa shape index (κ3) is 3.17. The minimum Gasteiger partial charge on any atom is -0.340 e. The highest BCUT2D eigenvalue weighted by Gasteiger charge is 2.53. The first-order valence-electron chi connectivity index (χ1n) is 7.48. The Morgan fingerprint density at radius 1 is 1.35 bits per heavy atom. The summed E-state index contributed by atoms with van der Waals surface area (Å²) in [6, 6.07) is 0.519. The van der Waals surface area contributed by atoms with Gasteiger partial charge in [0.05, 0.1) is 11.2 Å². The van der Waals surface area contributed by atoms with E-state index >= 15 is 0 Å². The quantitative estimate of drug-likeness (QED) is 0.703. The van der Waals surface area contributed by atoms with Crippen LogP contribution in [-0.4, -0.2) is 68.4 Å². The molecule has 0 aromatic heterocycles. The van der Waals surface area contributed by atoms with E-state index in [0.29, 0.717) is 12.6 Å². The van der Waals surface area contributed by atoms with Crippen LogP contribution in [0.1, 0.15) is 33.1 Å². The second-order valence-corrected chi connectivity index (χ2v) is 8.73. The van der Waals surface area contributed by atoms with Gasteiger partial charge in [0.2, 0.25) is 5.91 Å². The Labute approximate surface area is 122 Å². The zero-order valence-electron chi connectivity index (χ0n) is 12.8. The molecule has 0 unspecified atom stereocenters. The highest BCUT2D eigenvalue weighted by atomic mass is 32.2. The molecule has 0 bridgehead atoms. The van der Waals surface area contributed by atoms with E-state index in [4.69, 9.17) is 0 Å². The summed E-state index contributed by atoms with van der Waals surface area (Å²) in [6.45, 7) is 7.39. The smallest absolute Gasteiger partial charge is 0.231 e. The van der Waals surface area contributed by atoms with Crippen molar-refractivity contribution in [3.8, 4) is 0 Å². The van der Waals surface area contributed by atoms with Gasteiger partial charge in [-0.05, 0) is 32.7 Å². The molecule has 1 spiro atoms. The van der Waals surface area contributed by atoms with E-state index in [-0.39, 0.29) is 17.1 Å². The van der Waals surface area contributed by atoms with E-state index in [2.05, 4.69) is 18.7 Å². The zero-order valence-corrected chi connectivity index (χ0v) is 13.6. The molecule has 6 heteroatoms. The van der Waals surface area contributed by atoms with Gasteiger partial charge in [-0.3, -0.25) is 9.69 Å². The maximum absolute atomic E-state index is 12.4. The topological polar surface area (TPSA) is 57.7 Å². The van der Waals surface area contributed by atoms with Crippen LogP contribution >= 0.6 is 0 Å². The van der Waals surface area contributed by atoms with Gasteiger partial charge < -0.3 is 4.90 Å². The molecule has 116 valence electrons.